The van der Waals surface area contributed by atoms with Gasteiger partial charge in [0.15, 0.2) is 6.29 Å². The average Bonchev–Trinajstić information content (AvgIpc) is 2.11. The number of hydrogen-bond acceptors (Lipinski definition) is 4. The summed E-state index contributed by atoms with van der Waals surface area (Å²) in [6.07, 6.45) is 1.66. The van der Waals surface area contributed by atoms with Gasteiger partial charge in [0, 0.05) is 27.4 Å². The Morgan fingerprint density at radius 2 is 1.92 bits per heavy atom. The second kappa shape index (κ2) is 8.93. The Kier molecular flexibility index (Phi) is 8.81. The maximum absolute atomic E-state index is 8.49. The van der Waals surface area contributed by atoms with E-state index in [-0.39, 0.29) is 12.9 Å². The summed E-state index contributed by atoms with van der Waals surface area (Å²) in [7, 11) is 3.23. The van der Waals surface area contributed by atoms with Crippen LogP contribution in [0.15, 0.2) is 0 Å². The van der Waals surface area contributed by atoms with E-state index in [1.165, 1.54) is 0 Å². The summed E-state index contributed by atoms with van der Waals surface area (Å²) in [4.78, 5) is 0. The van der Waals surface area contributed by atoms with E-state index in [1.54, 1.807) is 14.2 Å². The third kappa shape index (κ3) is 6.54. The molecule has 0 unspecified atom stereocenters. The molecule has 0 fully saturated rings. The van der Waals surface area contributed by atoms with Crippen molar-refractivity contribution in [1.29, 1.82) is 0 Å². The maximum atomic E-state index is 8.49. The van der Waals surface area contributed by atoms with Gasteiger partial charge in [-0.2, -0.15) is 0 Å². The molecule has 4 nitrogen and oxygen atoms in total. The zero-order valence-electron chi connectivity index (χ0n) is 7.88. The monoisotopic (exact) mass is 177 g/mol. The van der Waals surface area contributed by atoms with Crippen molar-refractivity contribution in [3.8, 4) is 0 Å². The molecule has 0 spiro atoms. The molecule has 0 saturated carbocycles. The lowest BCUT2D eigenvalue weighted by molar-refractivity contribution is -0.0986. The topological polar surface area (TPSA) is 50.7 Å². The van der Waals surface area contributed by atoms with Crippen LogP contribution in [0, 0.1) is 0 Å². The van der Waals surface area contributed by atoms with E-state index in [0.717, 1.165) is 19.4 Å². The zero-order chi connectivity index (χ0) is 9.23. The summed E-state index contributed by atoms with van der Waals surface area (Å²) in [5.41, 5.74) is 0. The van der Waals surface area contributed by atoms with Crippen molar-refractivity contribution in [3.63, 3.8) is 0 Å². The summed E-state index contributed by atoms with van der Waals surface area (Å²) >= 11 is 0. The minimum Gasteiger partial charge on any atom is -0.396 e. The lowest BCUT2D eigenvalue weighted by atomic mass is 10.3. The molecule has 0 atom stereocenters. The molecule has 12 heavy (non-hydrogen) atoms. The molecule has 0 radical (unpaired) electrons. The molecule has 0 rings (SSSR count). The van der Waals surface area contributed by atoms with Crippen LogP contribution >= 0.6 is 0 Å². The number of methoxy groups -OCH3 is 2. The number of unbranched alkanes of at least 4 members (excludes halogenated alkanes) is 1. The SMILES string of the molecule is COC(CNCCCCO)OC. The average molecular weight is 177 g/mol. The van der Waals surface area contributed by atoms with E-state index >= 15 is 0 Å². The van der Waals surface area contributed by atoms with Gasteiger partial charge in [-0.05, 0) is 19.4 Å². The summed E-state index contributed by atoms with van der Waals surface area (Å²) in [5, 5.41) is 11.7. The van der Waals surface area contributed by atoms with E-state index in [2.05, 4.69) is 5.32 Å². The number of hydrogen-bond donors (Lipinski definition) is 2. The van der Waals surface area contributed by atoms with Crippen molar-refractivity contribution in [1.82, 2.24) is 5.32 Å². The highest BCUT2D eigenvalue weighted by atomic mass is 16.7. The quantitative estimate of drug-likeness (QED) is 0.404. The summed E-state index contributed by atoms with van der Waals surface area (Å²) < 4.78 is 9.94. The molecule has 0 amide bonds. The molecular weight excluding hydrogens is 158 g/mol. The van der Waals surface area contributed by atoms with Gasteiger partial charge in [-0.3, -0.25) is 0 Å². The van der Waals surface area contributed by atoms with Crippen molar-refractivity contribution in [3.05, 3.63) is 0 Å². The third-order valence-corrected chi connectivity index (χ3v) is 1.60. The first-order valence-electron chi connectivity index (χ1n) is 4.22. The first-order chi connectivity index (χ1) is 5.85. The molecule has 74 valence electrons. The Morgan fingerprint density at radius 1 is 1.25 bits per heavy atom. The first-order valence-corrected chi connectivity index (χ1v) is 4.22. The molecule has 0 aliphatic rings. The van der Waals surface area contributed by atoms with Crippen molar-refractivity contribution in [2.45, 2.75) is 19.1 Å². The van der Waals surface area contributed by atoms with Gasteiger partial charge in [0.1, 0.15) is 0 Å². The molecule has 0 aliphatic heterocycles. The predicted molar refractivity (Wildman–Crippen MR) is 47.0 cm³/mol. The fraction of sp³-hybridized carbons (Fsp3) is 1.00. The van der Waals surface area contributed by atoms with Crippen LogP contribution in [0.3, 0.4) is 0 Å². The van der Waals surface area contributed by atoms with Crippen molar-refractivity contribution < 1.29 is 14.6 Å². The molecule has 4 heteroatoms. The third-order valence-electron chi connectivity index (χ3n) is 1.60. The largest absolute Gasteiger partial charge is 0.396 e. The standard InChI is InChI=1S/C8H19NO3/c1-11-8(12-2)7-9-5-3-4-6-10/h8-10H,3-7H2,1-2H3. The normalized spacial score (nSPS) is 11.0. The van der Waals surface area contributed by atoms with Crippen LogP contribution in [-0.4, -0.2) is 45.3 Å². The van der Waals surface area contributed by atoms with Crippen LogP contribution in [0.1, 0.15) is 12.8 Å². The Labute approximate surface area is 73.9 Å². The molecule has 2 N–H and O–H groups in total. The van der Waals surface area contributed by atoms with E-state index in [9.17, 15) is 0 Å². The number of nitrogens with one attached hydrogen (secondary N) is 1. The smallest absolute Gasteiger partial charge is 0.169 e. The number of aliphatic hydroxyl groups is 1. The molecule has 0 aromatic rings. The van der Waals surface area contributed by atoms with E-state index in [4.69, 9.17) is 14.6 Å². The second-order valence-electron chi connectivity index (χ2n) is 2.54. The molecule has 0 aromatic carbocycles. The van der Waals surface area contributed by atoms with Crippen LogP contribution in [0.5, 0.6) is 0 Å². The van der Waals surface area contributed by atoms with Crippen molar-refractivity contribution in [2.75, 3.05) is 33.9 Å². The highest BCUT2D eigenvalue weighted by Crippen LogP contribution is 1.88. The van der Waals surface area contributed by atoms with Gasteiger partial charge in [-0.25, -0.2) is 0 Å². The highest BCUT2D eigenvalue weighted by Gasteiger charge is 2.02. The van der Waals surface area contributed by atoms with E-state index < -0.39 is 0 Å². The van der Waals surface area contributed by atoms with Crippen LogP contribution in [-0.2, 0) is 9.47 Å². The van der Waals surface area contributed by atoms with Crippen LogP contribution in [0.2, 0.25) is 0 Å². The van der Waals surface area contributed by atoms with Gasteiger partial charge in [-0.15, -0.1) is 0 Å². The minimum atomic E-state index is -0.167. The summed E-state index contributed by atoms with van der Waals surface area (Å²) in [5.74, 6) is 0. The van der Waals surface area contributed by atoms with Gasteiger partial charge in [0.05, 0.1) is 0 Å². The lowest BCUT2D eigenvalue weighted by Gasteiger charge is -2.13. The van der Waals surface area contributed by atoms with E-state index in [1.807, 2.05) is 0 Å². The van der Waals surface area contributed by atoms with Gasteiger partial charge in [0.2, 0.25) is 0 Å². The van der Waals surface area contributed by atoms with Crippen LogP contribution in [0.4, 0.5) is 0 Å². The van der Waals surface area contributed by atoms with Gasteiger partial charge in [-0.1, -0.05) is 0 Å². The number of ether oxygens (including phenoxy) is 2. The predicted octanol–water partition coefficient (Wildman–Crippen LogP) is -0.0326. The number of rotatable bonds is 8. The lowest BCUT2D eigenvalue weighted by Crippen LogP contribution is -2.30. The Morgan fingerprint density at radius 3 is 2.42 bits per heavy atom. The van der Waals surface area contributed by atoms with E-state index in [0.29, 0.717) is 6.54 Å². The zero-order valence-corrected chi connectivity index (χ0v) is 7.88. The molecule has 0 heterocycles. The Balaban J connectivity index is 3.06. The molecule has 0 aromatic heterocycles. The minimum absolute atomic E-state index is 0.167. The van der Waals surface area contributed by atoms with Gasteiger partial charge in [0.25, 0.3) is 0 Å². The fourth-order valence-corrected chi connectivity index (χ4v) is 0.845. The van der Waals surface area contributed by atoms with Crippen LogP contribution in [0.25, 0.3) is 0 Å². The van der Waals surface area contributed by atoms with Gasteiger partial charge >= 0.3 is 0 Å². The summed E-state index contributed by atoms with van der Waals surface area (Å²) in [6, 6.07) is 0. The number of aliphatic hydroxyl groups excluding tert-OH is 1. The van der Waals surface area contributed by atoms with Crippen molar-refractivity contribution in [2.24, 2.45) is 0 Å². The van der Waals surface area contributed by atoms with Crippen LogP contribution < -0.4 is 5.32 Å². The molecule has 0 saturated heterocycles. The Bertz CT molecular complexity index is 86.4. The van der Waals surface area contributed by atoms with Gasteiger partial charge < -0.3 is 19.9 Å². The molecular formula is C8H19NO3. The van der Waals surface area contributed by atoms with Crippen molar-refractivity contribution >= 4 is 0 Å². The molecule has 0 aliphatic carbocycles. The maximum Gasteiger partial charge on any atom is 0.169 e. The Hall–Kier alpha value is -0.160. The molecule has 0 bridgehead atoms. The summed E-state index contributed by atoms with van der Waals surface area (Å²) in [6.45, 7) is 1.85. The fourth-order valence-electron chi connectivity index (χ4n) is 0.845. The second-order valence-corrected chi connectivity index (χ2v) is 2.54. The highest BCUT2D eigenvalue weighted by molar-refractivity contribution is 4.50. The first kappa shape index (κ1) is 11.8.